The molecule has 0 saturated heterocycles. The number of nitrogens with zero attached hydrogens (tertiary/aromatic N) is 1. The summed E-state index contributed by atoms with van der Waals surface area (Å²) in [5.74, 6) is -1.33. The van der Waals surface area contributed by atoms with E-state index in [4.69, 9.17) is 12.2 Å². The molecule has 112 valence electrons. The molecule has 1 aromatic heterocycles. The molecular formula is C18H13N3OS. The molecule has 0 aliphatic heterocycles. The van der Waals surface area contributed by atoms with Crippen molar-refractivity contribution in [2.24, 2.45) is 5.92 Å². The number of nitrogens with one attached hydrogen (secondary N) is 2. The predicted molar refractivity (Wildman–Crippen MR) is 94.4 cm³/mol. The lowest BCUT2D eigenvalue weighted by Gasteiger charge is -2.12. The molecule has 3 aromatic rings. The lowest BCUT2D eigenvalue weighted by Crippen LogP contribution is -2.27. The van der Waals surface area contributed by atoms with Gasteiger partial charge in [-0.3, -0.25) is 4.79 Å². The number of benzene rings is 2. The largest absolute Gasteiger partial charge is 0.360 e. The van der Waals surface area contributed by atoms with E-state index in [-0.39, 0.29) is 10.8 Å². The highest BCUT2D eigenvalue weighted by molar-refractivity contribution is 7.80. The Morgan fingerprint density at radius 2 is 1.83 bits per heavy atom. The summed E-state index contributed by atoms with van der Waals surface area (Å²) in [6.45, 7) is 0. The van der Waals surface area contributed by atoms with Crippen molar-refractivity contribution in [2.45, 2.75) is 0 Å². The van der Waals surface area contributed by atoms with Gasteiger partial charge < -0.3 is 10.3 Å². The van der Waals surface area contributed by atoms with E-state index in [0.29, 0.717) is 5.56 Å². The predicted octanol–water partition coefficient (Wildman–Crippen LogP) is 3.93. The maximum Gasteiger partial charge on any atom is 0.189 e. The number of nitriles is 1. The van der Waals surface area contributed by atoms with E-state index < -0.39 is 5.92 Å². The molecule has 0 aliphatic rings. The second kappa shape index (κ2) is 6.42. The van der Waals surface area contributed by atoms with Gasteiger partial charge >= 0.3 is 0 Å². The van der Waals surface area contributed by atoms with Crippen molar-refractivity contribution in [3.63, 3.8) is 0 Å². The summed E-state index contributed by atoms with van der Waals surface area (Å²) in [7, 11) is 0. The third kappa shape index (κ3) is 2.98. The Kier molecular flexibility index (Phi) is 4.18. The molecule has 4 nitrogen and oxygen atoms in total. The average Bonchev–Trinajstić information content (AvgIpc) is 3.00. The number of aromatic amines is 1. The molecule has 5 heteroatoms. The quantitative estimate of drug-likeness (QED) is 0.565. The summed E-state index contributed by atoms with van der Waals surface area (Å²) >= 11 is 5.26. The van der Waals surface area contributed by atoms with Gasteiger partial charge in [0.05, 0.1) is 6.07 Å². The fourth-order valence-corrected chi connectivity index (χ4v) is 2.68. The number of hydrogen-bond donors (Lipinski definition) is 2. The lowest BCUT2D eigenvalue weighted by molar-refractivity contribution is 0.0977. The second-order valence-electron chi connectivity index (χ2n) is 5.03. The van der Waals surface area contributed by atoms with Crippen LogP contribution in [0.2, 0.25) is 0 Å². The van der Waals surface area contributed by atoms with Gasteiger partial charge in [-0.15, -0.1) is 0 Å². The monoisotopic (exact) mass is 319 g/mol. The van der Waals surface area contributed by atoms with Crippen molar-refractivity contribution in [1.82, 2.24) is 4.98 Å². The van der Waals surface area contributed by atoms with Crippen molar-refractivity contribution < 1.29 is 4.79 Å². The Morgan fingerprint density at radius 3 is 2.57 bits per heavy atom. The summed E-state index contributed by atoms with van der Waals surface area (Å²) < 4.78 is 0. The smallest absolute Gasteiger partial charge is 0.189 e. The number of fused-ring (bicyclic) bond motifs is 1. The molecule has 2 N–H and O–H groups in total. The van der Waals surface area contributed by atoms with E-state index in [9.17, 15) is 10.1 Å². The molecule has 2 aromatic carbocycles. The molecule has 0 bridgehead atoms. The number of hydrogen-bond acceptors (Lipinski definition) is 3. The topological polar surface area (TPSA) is 68.7 Å². The SMILES string of the molecule is N#C[C@H](C(=O)c1c[nH]c2ccccc12)C(=S)Nc1ccccc1. The highest BCUT2D eigenvalue weighted by Gasteiger charge is 2.26. The van der Waals surface area contributed by atoms with Gasteiger partial charge in [-0.25, -0.2) is 0 Å². The third-order valence-electron chi connectivity index (χ3n) is 3.55. The minimum Gasteiger partial charge on any atom is -0.360 e. The Balaban J connectivity index is 1.87. The highest BCUT2D eigenvalue weighted by atomic mass is 32.1. The van der Waals surface area contributed by atoms with Crippen LogP contribution in [0.1, 0.15) is 10.4 Å². The molecule has 0 radical (unpaired) electrons. The number of thiocarbonyl (C=S) groups is 1. The first kappa shape index (κ1) is 14.9. The van der Waals surface area contributed by atoms with Crippen molar-refractivity contribution in [1.29, 1.82) is 5.26 Å². The number of anilines is 1. The molecule has 0 saturated carbocycles. The van der Waals surface area contributed by atoms with Crippen LogP contribution in [-0.2, 0) is 0 Å². The Labute approximate surface area is 138 Å². The van der Waals surface area contributed by atoms with Crippen LogP contribution >= 0.6 is 12.2 Å². The molecule has 0 unspecified atom stereocenters. The van der Waals surface area contributed by atoms with Crippen LogP contribution in [0.25, 0.3) is 10.9 Å². The number of ketones is 1. The van der Waals surface area contributed by atoms with Gasteiger partial charge in [-0.1, -0.05) is 48.6 Å². The van der Waals surface area contributed by atoms with Crippen LogP contribution < -0.4 is 5.32 Å². The summed E-state index contributed by atoms with van der Waals surface area (Å²) in [6.07, 6.45) is 1.63. The fourth-order valence-electron chi connectivity index (χ4n) is 2.40. The second-order valence-corrected chi connectivity index (χ2v) is 5.47. The molecule has 0 aliphatic carbocycles. The minimum atomic E-state index is -1.02. The van der Waals surface area contributed by atoms with Gasteiger partial charge in [0.1, 0.15) is 4.99 Å². The van der Waals surface area contributed by atoms with Gasteiger partial charge in [-0.05, 0) is 18.2 Å². The molecule has 3 rings (SSSR count). The number of rotatable bonds is 4. The van der Waals surface area contributed by atoms with Crippen LogP contribution in [0.5, 0.6) is 0 Å². The summed E-state index contributed by atoms with van der Waals surface area (Å²) in [5, 5.41) is 13.2. The lowest BCUT2D eigenvalue weighted by atomic mass is 9.98. The van der Waals surface area contributed by atoms with Crippen molar-refractivity contribution in [3.8, 4) is 6.07 Å². The Hall–Kier alpha value is -2.97. The van der Waals surface area contributed by atoms with E-state index in [0.717, 1.165) is 16.6 Å². The standard InChI is InChI=1S/C18H13N3OS/c19-10-14(18(23)21-12-6-2-1-3-7-12)17(22)15-11-20-16-9-5-4-8-13(15)16/h1-9,11,14,20H,(H,21,23)/t14-/m1/s1. The average molecular weight is 319 g/mol. The summed E-state index contributed by atoms with van der Waals surface area (Å²) in [4.78, 5) is 16.0. The zero-order chi connectivity index (χ0) is 16.2. The number of H-pyrrole nitrogens is 1. The number of carbonyl (C=O) groups is 1. The maximum absolute atomic E-state index is 12.7. The van der Waals surface area contributed by atoms with Gasteiger partial charge in [-0.2, -0.15) is 5.26 Å². The highest BCUT2D eigenvalue weighted by Crippen LogP contribution is 2.22. The van der Waals surface area contributed by atoms with E-state index in [1.807, 2.05) is 60.7 Å². The van der Waals surface area contributed by atoms with Crippen molar-refractivity contribution in [2.75, 3.05) is 5.32 Å². The van der Waals surface area contributed by atoms with E-state index >= 15 is 0 Å². The zero-order valence-electron chi connectivity index (χ0n) is 12.1. The number of para-hydroxylation sites is 2. The minimum absolute atomic E-state index is 0.203. The van der Waals surface area contributed by atoms with Gasteiger partial charge in [0.25, 0.3) is 0 Å². The van der Waals surface area contributed by atoms with Gasteiger partial charge in [0.2, 0.25) is 0 Å². The first-order valence-corrected chi connectivity index (χ1v) is 7.47. The van der Waals surface area contributed by atoms with Crippen LogP contribution in [0.15, 0.2) is 60.8 Å². The normalized spacial score (nSPS) is 11.6. The molecule has 1 atom stereocenters. The third-order valence-corrected chi connectivity index (χ3v) is 3.89. The van der Waals surface area contributed by atoms with E-state index in [1.165, 1.54) is 0 Å². The molecule has 0 amide bonds. The van der Waals surface area contributed by atoms with Crippen LogP contribution in [0.3, 0.4) is 0 Å². The molecule has 23 heavy (non-hydrogen) atoms. The van der Waals surface area contributed by atoms with Crippen LogP contribution in [0, 0.1) is 17.2 Å². The van der Waals surface area contributed by atoms with Crippen molar-refractivity contribution >= 4 is 39.6 Å². The summed E-state index contributed by atoms with van der Waals surface area (Å²) in [5.41, 5.74) is 2.09. The first-order chi connectivity index (χ1) is 11.2. The first-order valence-electron chi connectivity index (χ1n) is 7.06. The van der Waals surface area contributed by atoms with Crippen LogP contribution in [-0.4, -0.2) is 15.8 Å². The number of Topliss-reactive ketones (excluding diaryl/α,β-unsaturated/α-hetero) is 1. The maximum atomic E-state index is 12.7. The van der Waals surface area contributed by atoms with Gasteiger partial charge in [0.15, 0.2) is 11.7 Å². The fraction of sp³-hybridized carbons (Fsp3) is 0.0556. The molecular weight excluding hydrogens is 306 g/mol. The Bertz CT molecular complexity index is 909. The van der Waals surface area contributed by atoms with E-state index in [1.54, 1.807) is 6.20 Å². The zero-order valence-corrected chi connectivity index (χ0v) is 12.9. The molecule has 0 fully saturated rings. The van der Waals surface area contributed by atoms with Crippen molar-refractivity contribution in [3.05, 3.63) is 66.4 Å². The molecule has 0 spiro atoms. The van der Waals surface area contributed by atoms with Gasteiger partial charge in [0, 0.05) is 28.4 Å². The Morgan fingerprint density at radius 1 is 1.13 bits per heavy atom. The summed E-state index contributed by atoms with van der Waals surface area (Å²) in [6, 6.07) is 18.7. The number of carbonyl (C=O) groups excluding carboxylic acids is 1. The molecule has 1 heterocycles. The van der Waals surface area contributed by atoms with Crippen LogP contribution in [0.4, 0.5) is 5.69 Å². The number of aromatic nitrogens is 1. The van der Waals surface area contributed by atoms with E-state index in [2.05, 4.69) is 10.3 Å².